The number of anilines is 3. The van der Waals surface area contributed by atoms with Crippen LogP contribution in [0.2, 0.25) is 0 Å². The molecule has 1 saturated carbocycles. The number of phenols is 1. The number of phenolic OH excluding ortho intramolecular Hbond substituents is 1. The van der Waals surface area contributed by atoms with Crippen LogP contribution in [0, 0.1) is 11.6 Å². The van der Waals surface area contributed by atoms with Crippen molar-refractivity contribution in [2.45, 2.75) is 37.6 Å². The van der Waals surface area contributed by atoms with Gasteiger partial charge in [-0.2, -0.15) is 0 Å². The van der Waals surface area contributed by atoms with E-state index < -0.39 is 33.1 Å². The molecule has 0 atom stereocenters. The van der Waals surface area contributed by atoms with Crippen LogP contribution in [0.4, 0.5) is 26.1 Å². The summed E-state index contributed by atoms with van der Waals surface area (Å²) in [6, 6.07) is 23.6. The summed E-state index contributed by atoms with van der Waals surface area (Å²) >= 11 is 0. The van der Waals surface area contributed by atoms with Gasteiger partial charge in [-0.15, -0.1) is 0 Å². The Labute approximate surface area is 335 Å². The summed E-state index contributed by atoms with van der Waals surface area (Å²) in [7, 11) is -2.96. The fourth-order valence-corrected chi connectivity index (χ4v) is 8.64. The van der Waals surface area contributed by atoms with E-state index in [1.54, 1.807) is 36.5 Å². The van der Waals surface area contributed by atoms with Gasteiger partial charge >= 0.3 is 0 Å². The Kier molecular flexibility index (Phi) is 11.2. The van der Waals surface area contributed by atoms with Crippen molar-refractivity contribution in [2.24, 2.45) is 0 Å². The van der Waals surface area contributed by atoms with Gasteiger partial charge in [0, 0.05) is 68.5 Å². The summed E-state index contributed by atoms with van der Waals surface area (Å²) in [5.74, 6) is -1.54. The Bertz CT molecular complexity index is 2550. The zero-order valence-electron chi connectivity index (χ0n) is 32.0. The number of para-hydroxylation sites is 1. The number of piperazine rings is 1. The first-order chi connectivity index (χ1) is 28.0. The molecule has 1 aliphatic heterocycles. The molecule has 0 unspecified atom stereocenters. The quantitative estimate of drug-likeness (QED) is 0.116. The molecule has 8 rings (SSSR count). The van der Waals surface area contributed by atoms with Crippen molar-refractivity contribution in [1.29, 1.82) is 0 Å². The van der Waals surface area contributed by atoms with E-state index in [-0.39, 0.29) is 23.0 Å². The van der Waals surface area contributed by atoms with Crippen molar-refractivity contribution in [2.75, 3.05) is 55.4 Å². The van der Waals surface area contributed by atoms with Crippen molar-refractivity contribution < 1.29 is 27.1 Å². The number of benzene rings is 3. The number of nitrogens with one attached hydrogen (secondary N) is 2. The number of hydrogen-bond donors (Lipinski definition) is 3. The predicted octanol–water partition coefficient (Wildman–Crippen LogP) is 7.13. The van der Waals surface area contributed by atoms with Gasteiger partial charge in [0.05, 0.1) is 28.5 Å². The summed E-state index contributed by atoms with van der Waals surface area (Å²) in [5.41, 5.74) is 4.11. The van der Waals surface area contributed by atoms with Gasteiger partial charge in [-0.25, -0.2) is 32.2 Å². The van der Waals surface area contributed by atoms with Crippen molar-refractivity contribution in [3.8, 4) is 28.4 Å². The molecule has 1 saturated heterocycles. The zero-order valence-corrected chi connectivity index (χ0v) is 32.8. The third-order valence-electron chi connectivity index (χ3n) is 11.2. The third-order valence-corrected chi connectivity index (χ3v) is 12.1. The van der Waals surface area contributed by atoms with Crippen LogP contribution >= 0.6 is 0 Å². The standard InChI is InChI=1S/C43H44F2N8O4S/c1-58(56,57)25-24-51-20-22-52(23-21-51)32-14-11-28(12-15-32)29-13-16-35(37(54)27-29)47-43-46-18-17-36(48-43)41-39(49-38-10-2-3-19-53(38)41)30-6-4-7-31(26-30)42(55)50-40-33(44)8-5-9-34(40)45/h2-10,13,16-19,26-28,32,54H,11-12,14-15,20-25H2,1H3,(H,50,55)(H,46,47,48). The summed E-state index contributed by atoms with van der Waals surface area (Å²) in [6.45, 7) is 4.29. The molecule has 2 aliphatic rings. The first-order valence-electron chi connectivity index (χ1n) is 19.4. The van der Waals surface area contributed by atoms with Crippen LogP contribution in [0.15, 0.2) is 97.3 Å². The maximum Gasteiger partial charge on any atom is 0.255 e. The molecular formula is C43H44F2N8O4S. The fraction of sp³-hybridized carbons (Fsp3) is 0.302. The second-order valence-corrected chi connectivity index (χ2v) is 17.3. The molecule has 3 N–H and O–H groups in total. The number of carbonyl (C=O) groups excluding carboxylic acids is 1. The molecule has 2 fully saturated rings. The van der Waals surface area contributed by atoms with Gasteiger partial charge in [-0.3, -0.25) is 19.0 Å². The Morgan fingerprint density at radius 1 is 0.879 bits per heavy atom. The van der Waals surface area contributed by atoms with Crippen LogP contribution in [0.25, 0.3) is 28.3 Å². The van der Waals surface area contributed by atoms with E-state index in [1.807, 2.05) is 47.0 Å². The first kappa shape index (κ1) is 39.1. The molecule has 15 heteroatoms. The van der Waals surface area contributed by atoms with Crippen molar-refractivity contribution in [3.05, 3.63) is 120 Å². The van der Waals surface area contributed by atoms with Gasteiger partial charge < -0.3 is 15.7 Å². The normalized spacial score (nSPS) is 18.0. The number of hydrogen-bond acceptors (Lipinski definition) is 10. The lowest BCUT2D eigenvalue weighted by Crippen LogP contribution is -2.51. The lowest BCUT2D eigenvalue weighted by molar-refractivity contribution is 0.0790. The number of rotatable bonds is 11. The monoisotopic (exact) mass is 806 g/mol. The molecule has 58 heavy (non-hydrogen) atoms. The Morgan fingerprint density at radius 3 is 2.38 bits per heavy atom. The number of carbonyl (C=O) groups is 1. The maximum absolute atomic E-state index is 14.3. The van der Waals surface area contributed by atoms with Crippen LogP contribution in [0.3, 0.4) is 0 Å². The lowest BCUT2D eigenvalue weighted by atomic mass is 9.81. The number of aromatic nitrogens is 4. The SMILES string of the molecule is CS(=O)(=O)CCN1CCN(C2CCC(c3ccc(Nc4nccc(-c5c(-c6cccc(C(=O)Nc7c(F)cccc7F)c6)nc6ccccn56)n4)c(O)c3)CC2)CC1. The third kappa shape index (κ3) is 8.71. The summed E-state index contributed by atoms with van der Waals surface area (Å²) < 4.78 is 53.7. The van der Waals surface area contributed by atoms with E-state index in [1.165, 1.54) is 12.3 Å². The minimum absolute atomic E-state index is 0.0969. The number of halogens is 2. The largest absolute Gasteiger partial charge is 0.506 e. The van der Waals surface area contributed by atoms with Crippen LogP contribution in [-0.4, -0.2) is 99.4 Å². The molecule has 0 bridgehead atoms. The highest BCUT2D eigenvalue weighted by molar-refractivity contribution is 7.90. The number of sulfone groups is 1. The first-order valence-corrected chi connectivity index (χ1v) is 21.5. The molecule has 12 nitrogen and oxygen atoms in total. The van der Waals surface area contributed by atoms with Crippen molar-refractivity contribution in [1.82, 2.24) is 29.2 Å². The number of pyridine rings is 1. The molecule has 0 radical (unpaired) electrons. The van der Waals surface area contributed by atoms with Crippen LogP contribution in [-0.2, 0) is 9.84 Å². The predicted molar refractivity (Wildman–Crippen MR) is 220 cm³/mol. The van der Waals surface area contributed by atoms with E-state index in [2.05, 4.69) is 25.4 Å². The van der Waals surface area contributed by atoms with Gasteiger partial charge in [-0.1, -0.05) is 30.3 Å². The second kappa shape index (κ2) is 16.6. The maximum atomic E-state index is 14.3. The summed E-state index contributed by atoms with van der Waals surface area (Å²) in [5, 5.41) is 16.7. The van der Waals surface area contributed by atoms with E-state index in [0.717, 1.165) is 69.6 Å². The topological polar surface area (TPSA) is 145 Å². The second-order valence-electron chi connectivity index (χ2n) is 15.0. The molecule has 0 spiro atoms. The van der Waals surface area contributed by atoms with Gasteiger partial charge in [0.25, 0.3) is 5.91 Å². The molecule has 3 aromatic carbocycles. The summed E-state index contributed by atoms with van der Waals surface area (Å²) in [6.07, 6.45) is 8.96. The van der Waals surface area contributed by atoms with Crippen LogP contribution in [0.5, 0.6) is 5.75 Å². The van der Waals surface area contributed by atoms with Gasteiger partial charge in [0.15, 0.2) is 0 Å². The number of amides is 1. The Morgan fingerprint density at radius 2 is 1.64 bits per heavy atom. The summed E-state index contributed by atoms with van der Waals surface area (Å²) in [4.78, 5) is 32.1. The van der Waals surface area contributed by atoms with E-state index in [4.69, 9.17) is 9.97 Å². The molecular weight excluding hydrogens is 763 g/mol. The highest BCUT2D eigenvalue weighted by Crippen LogP contribution is 2.39. The smallest absolute Gasteiger partial charge is 0.255 e. The Hall–Kier alpha value is -5.77. The minimum atomic E-state index is -2.96. The van der Waals surface area contributed by atoms with Gasteiger partial charge in [0.2, 0.25) is 5.95 Å². The van der Waals surface area contributed by atoms with Gasteiger partial charge in [0.1, 0.15) is 38.6 Å². The highest BCUT2D eigenvalue weighted by atomic mass is 32.2. The van der Waals surface area contributed by atoms with E-state index in [9.17, 15) is 27.1 Å². The molecule has 300 valence electrons. The van der Waals surface area contributed by atoms with E-state index in [0.29, 0.717) is 52.5 Å². The number of aromatic hydroxyl groups is 1. The molecule has 1 amide bonds. The molecule has 3 aromatic heterocycles. The number of fused-ring (bicyclic) bond motifs is 1. The van der Waals surface area contributed by atoms with E-state index >= 15 is 0 Å². The fourth-order valence-electron chi connectivity index (χ4n) is 8.05. The van der Waals surface area contributed by atoms with Crippen molar-refractivity contribution in [3.63, 3.8) is 0 Å². The van der Waals surface area contributed by atoms with Crippen molar-refractivity contribution >= 4 is 38.7 Å². The molecule has 6 aromatic rings. The lowest BCUT2D eigenvalue weighted by Gasteiger charge is -2.42. The van der Waals surface area contributed by atoms with Crippen LogP contribution < -0.4 is 10.6 Å². The van der Waals surface area contributed by atoms with Crippen LogP contribution in [0.1, 0.15) is 47.5 Å². The van der Waals surface area contributed by atoms with Gasteiger partial charge in [-0.05, 0) is 91.8 Å². The Balaban J connectivity index is 0.957. The molecule has 1 aliphatic carbocycles. The zero-order chi connectivity index (χ0) is 40.4. The highest BCUT2D eigenvalue weighted by Gasteiger charge is 2.29. The average molecular weight is 807 g/mol. The number of nitrogens with zero attached hydrogens (tertiary/aromatic N) is 6. The average Bonchev–Trinajstić information content (AvgIpc) is 3.62. The minimum Gasteiger partial charge on any atom is -0.506 e. The molecule has 4 heterocycles. The number of imidazole rings is 1.